The number of hydrogen-bond donors (Lipinski definition) is 1. The first-order valence-corrected chi connectivity index (χ1v) is 9.94. The Morgan fingerprint density at radius 3 is 2.50 bits per heavy atom. The van der Waals surface area contributed by atoms with E-state index in [2.05, 4.69) is 6.58 Å². The Labute approximate surface area is 176 Å². The summed E-state index contributed by atoms with van der Waals surface area (Å²) in [6.07, 6.45) is -1.79. The van der Waals surface area contributed by atoms with E-state index in [-0.39, 0.29) is 13.2 Å². The van der Waals surface area contributed by atoms with Crippen molar-refractivity contribution in [3.63, 3.8) is 0 Å². The Morgan fingerprint density at radius 1 is 1.13 bits per heavy atom. The smallest absolute Gasteiger partial charge is 0.303 e. The number of hydrogen-bond acceptors (Lipinski definition) is 8. The molecule has 0 spiro atoms. The number of benzene rings is 1. The summed E-state index contributed by atoms with van der Waals surface area (Å²) in [7, 11) is 0. The van der Waals surface area contributed by atoms with Crippen LogP contribution in [0.4, 0.5) is 0 Å². The van der Waals surface area contributed by atoms with E-state index in [1.807, 2.05) is 30.3 Å². The van der Waals surface area contributed by atoms with Gasteiger partial charge in [-0.25, -0.2) is 0 Å². The fraction of sp³-hybridized carbons (Fsp3) is 0.545. The van der Waals surface area contributed by atoms with Gasteiger partial charge in [0.15, 0.2) is 12.4 Å². The van der Waals surface area contributed by atoms with Crippen LogP contribution in [0.3, 0.4) is 0 Å². The topological polar surface area (TPSA) is 101 Å². The number of rotatable bonds is 11. The molecule has 1 aliphatic heterocycles. The van der Waals surface area contributed by atoms with E-state index in [1.165, 1.54) is 13.8 Å². The van der Waals surface area contributed by atoms with Gasteiger partial charge in [-0.2, -0.15) is 0 Å². The van der Waals surface area contributed by atoms with Crippen molar-refractivity contribution in [1.29, 1.82) is 0 Å². The Kier molecular flexibility index (Phi) is 9.96. The SMILES string of the molecule is C=CCCCOC1OC(COC(C)=O)C(O)C(OCc2ccccc2)C1OC(C)=O. The van der Waals surface area contributed by atoms with Crippen molar-refractivity contribution in [1.82, 2.24) is 0 Å². The van der Waals surface area contributed by atoms with Crippen LogP contribution in [0, 0.1) is 0 Å². The van der Waals surface area contributed by atoms with Crippen LogP contribution in [-0.4, -0.2) is 61.0 Å². The van der Waals surface area contributed by atoms with Crippen molar-refractivity contribution in [3.8, 4) is 0 Å². The Morgan fingerprint density at radius 2 is 1.87 bits per heavy atom. The maximum atomic E-state index is 11.7. The van der Waals surface area contributed by atoms with Crippen molar-refractivity contribution < 1.29 is 38.4 Å². The molecule has 0 aromatic heterocycles. The number of ether oxygens (including phenoxy) is 5. The molecule has 0 radical (unpaired) electrons. The molecule has 0 amide bonds. The first-order valence-electron chi connectivity index (χ1n) is 9.94. The van der Waals surface area contributed by atoms with E-state index in [4.69, 9.17) is 23.7 Å². The second-order valence-corrected chi connectivity index (χ2v) is 6.97. The van der Waals surface area contributed by atoms with Gasteiger partial charge in [-0.15, -0.1) is 6.58 Å². The minimum Gasteiger partial charge on any atom is -0.463 e. The molecule has 0 aliphatic carbocycles. The molecule has 0 saturated carbocycles. The fourth-order valence-electron chi connectivity index (χ4n) is 3.06. The molecule has 5 atom stereocenters. The third-order valence-corrected chi connectivity index (χ3v) is 4.49. The minimum atomic E-state index is -1.20. The molecule has 1 N–H and O–H groups in total. The first kappa shape index (κ1) is 24.0. The Hall–Kier alpha value is -2.26. The summed E-state index contributed by atoms with van der Waals surface area (Å²) >= 11 is 0. The highest BCUT2D eigenvalue weighted by Crippen LogP contribution is 2.28. The monoisotopic (exact) mass is 422 g/mol. The number of carbonyl (C=O) groups is 2. The number of unbranched alkanes of at least 4 members (excludes halogenated alkanes) is 1. The summed E-state index contributed by atoms with van der Waals surface area (Å²) in [5.41, 5.74) is 0.887. The van der Waals surface area contributed by atoms with E-state index in [0.717, 1.165) is 12.0 Å². The third-order valence-electron chi connectivity index (χ3n) is 4.49. The van der Waals surface area contributed by atoms with Gasteiger partial charge in [0.25, 0.3) is 0 Å². The molecule has 5 unspecified atom stereocenters. The van der Waals surface area contributed by atoms with E-state index in [9.17, 15) is 14.7 Å². The summed E-state index contributed by atoms with van der Waals surface area (Å²) in [6.45, 7) is 6.54. The lowest BCUT2D eigenvalue weighted by atomic mass is 9.98. The van der Waals surface area contributed by atoms with E-state index < -0.39 is 42.6 Å². The van der Waals surface area contributed by atoms with Gasteiger partial charge in [-0.1, -0.05) is 36.4 Å². The number of carbonyl (C=O) groups excluding carboxylic acids is 2. The average Bonchev–Trinajstić information content (AvgIpc) is 2.71. The van der Waals surface area contributed by atoms with Crippen LogP contribution in [-0.2, 0) is 39.9 Å². The molecule has 1 fully saturated rings. The maximum absolute atomic E-state index is 11.7. The van der Waals surface area contributed by atoms with Crippen LogP contribution in [0.1, 0.15) is 32.3 Å². The normalized spacial score (nSPS) is 26.0. The van der Waals surface area contributed by atoms with Gasteiger partial charge in [-0.05, 0) is 18.4 Å². The predicted octanol–water partition coefficient (Wildman–Crippen LogP) is 2.14. The standard InChI is InChI=1S/C22H30O8/c1-4-5-9-12-26-22-21(29-16(3)24)20(28-13-17-10-7-6-8-11-17)19(25)18(30-22)14-27-15(2)23/h4,6-8,10-11,18-22,25H,1,5,9,12-14H2,2-3H3. The van der Waals surface area contributed by atoms with E-state index in [0.29, 0.717) is 13.0 Å². The van der Waals surface area contributed by atoms with Crippen molar-refractivity contribution in [2.45, 2.75) is 64.0 Å². The number of aliphatic hydroxyl groups excluding tert-OH is 1. The van der Waals surface area contributed by atoms with Crippen molar-refractivity contribution in [2.75, 3.05) is 13.2 Å². The number of aliphatic hydroxyl groups is 1. The summed E-state index contributed by atoms with van der Waals surface area (Å²) in [6, 6.07) is 9.39. The summed E-state index contributed by atoms with van der Waals surface area (Å²) < 4.78 is 27.9. The average molecular weight is 422 g/mol. The van der Waals surface area contributed by atoms with Gasteiger partial charge in [0.1, 0.15) is 24.9 Å². The van der Waals surface area contributed by atoms with Gasteiger partial charge in [0.05, 0.1) is 13.2 Å². The van der Waals surface area contributed by atoms with Gasteiger partial charge in [0, 0.05) is 13.8 Å². The van der Waals surface area contributed by atoms with Gasteiger partial charge < -0.3 is 28.8 Å². The minimum absolute atomic E-state index is 0.180. The molecule has 166 valence electrons. The highest BCUT2D eigenvalue weighted by atomic mass is 16.7. The Balaban J connectivity index is 2.18. The van der Waals surface area contributed by atoms with E-state index in [1.54, 1.807) is 6.08 Å². The zero-order chi connectivity index (χ0) is 21.9. The summed E-state index contributed by atoms with van der Waals surface area (Å²) in [4.78, 5) is 22.9. The highest BCUT2D eigenvalue weighted by molar-refractivity contribution is 5.66. The predicted molar refractivity (Wildman–Crippen MR) is 107 cm³/mol. The third kappa shape index (κ3) is 7.53. The number of esters is 2. The van der Waals surface area contributed by atoms with Crippen LogP contribution >= 0.6 is 0 Å². The lowest BCUT2D eigenvalue weighted by Gasteiger charge is -2.43. The van der Waals surface area contributed by atoms with Crippen LogP contribution in [0.5, 0.6) is 0 Å². The lowest BCUT2D eigenvalue weighted by molar-refractivity contribution is -0.312. The van der Waals surface area contributed by atoms with Crippen LogP contribution in [0.2, 0.25) is 0 Å². The quantitative estimate of drug-likeness (QED) is 0.329. The van der Waals surface area contributed by atoms with Crippen LogP contribution in [0.15, 0.2) is 43.0 Å². The molecule has 8 nitrogen and oxygen atoms in total. The molecule has 1 heterocycles. The molecule has 30 heavy (non-hydrogen) atoms. The molecule has 8 heteroatoms. The molecule has 1 saturated heterocycles. The second-order valence-electron chi connectivity index (χ2n) is 6.97. The molecular weight excluding hydrogens is 392 g/mol. The summed E-state index contributed by atoms with van der Waals surface area (Å²) in [5, 5.41) is 10.8. The maximum Gasteiger partial charge on any atom is 0.303 e. The highest BCUT2D eigenvalue weighted by Gasteiger charge is 2.49. The van der Waals surface area contributed by atoms with Crippen LogP contribution < -0.4 is 0 Å². The first-order chi connectivity index (χ1) is 14.4. The zero-order valence-electron chi connectivity index (χ0n) is 17.4. The lowest BCUT2D eigenvalue weighted by Crippen LogP contribution is -2.61. The summed E-state index contributed by atoms with van der Waals surface area (Å²) in [5.74, 6) is -1.06. The fourth-order valence-corrected chi connectivity index (χ4v) is 3.06. The van der Waals surface area contributed by atoms with Gasteiger partial charge in [-0.3, -0.25) is 9.59 Å². The zero-order valence-corrected chi connectivity index (χ0v) is 17.4. The van der Waals surface area contributed by atoms with Crippen molar-refractivity contribution in [3.05, 3.63) is 48.6 Å². The van der Waals surface area contributed by atoms with Crippen molar-refractivity contribution in [2.24, 2.45) is 0 Å². The molecular formula is C22H30O8. The molecule has 1 aliphatic rings. The largest absolute Gasteiger partial charge is 0.463 e. The second kappa shape index (κ2) is 12.4. The Bertz CT molecular complexity index is 677. The molecule has 1 aromatic carbocycles. The molecule has 0 bridgehead atoms. The van der Waals surface area contributed by atoms with Crippen LogP contribution in [0.25, 0.3) is 0 Å². The van der Waals surface area contributed by atoms with Gasteiger partial charge in [0.2, 0.25) is 0 Å². The molecule has 2 rings (SSSR count). The molecule has 1 aromatic rings. The van der Waals surface area contributed by atoms with E-state index >= 15 is 0 Å². The number of allylic oxidation sites excluding steroid dienone is 1. The van der Waals surface area contributed by atoms with Gasteiger partial charge >= 0.3 is 11.9 Å². The van der Waals surface area contributed by atoms with Crippen molar-refractivity contribution >= 4 is 11.9 Å².